The first-order valence-electron chi connectivity index (χ1n) is 6.66. The fourth-order valence-corrected chi connectivity index (χ4v) is 2.51. The average Bonchev–Trinajstić information content (AvgIpc) is 2.46. The van der Waals surface area contributed by atoms with Crippen LogP contribution >= 0.6 is 27.5 Å². The van der Waals surface area contributed by atoms with Gasteiger partial charge in [-0.25, -0.2) is 0 Å². The van der Waals surface area contributed by atoms with Crippen molar-refractivity contribution in [3.8, 4) is 5.75 Å². The Hall–Kier alpha value is -0.990. The van der Waals surface area contributed by atoms with E-state index >= 15 is 0 Å². The van der Waals surface area contributed by atoms with Gasteiger partial charge in [-0.15, -0.1) is 0 Å². The van der Waals surface area contributed by atoms with Crippen LogP contribution in [0.5, 0.6) is 5.75 Å². The molecule has 0 heterocycles. The third kappa shape index (κ3) is 4.00. The average molecular weight is 354 g/mol. The van der Waals surface area contributed by atoms with E-state index in [2.05, 4.69) is 54.0 Å². The molecule has 0 aliphatic heterocycles. The minimum atomic E-state index is 0.533. The lowest BCUT2D eigenvalue weighted by atomic mass is 10.0. The lowest BCUT2D eigenvalue weighted by Crippen LogP contribution is -1.97. The van der Waals surface area contributed by atoms with E-state index in [1.165, 1.54) is 5.56 Å². The molecule has 0 unspecified atom stereocenters. The van der Waals surface area contributed by atoms with Gasteiger partial charge >= 0.3 is 0 Å². The molecule has 106 valence electrons. The largest absolute Gasteiger partial charge is 0.487 e. The molecular formula is C17H18BrClO. The number of hydrogen-bond acceptors (Lipinski definition) is 1. The quantitative estimate of drug-likeness (QED) is 0.605. The summed E-state index contributed by atoms with van der Waals surface area (Å²) < 4.78 is 5.78. The molecule has 0 bridgehead atoms. The smallest absolute Gasteiger partial charge is 0.138 e. The monoisotopic (exact) mass is 352 g/mol. The summed E-state index contributed by atoms with van der Waals surface area (Å²) in [5, 5.41) is 1.45. The maximum atomic E-state index is 6.20. The minimum absolute atomic E-state index is 0.533. The van der Waals surface area contributed by atoms with Crippen LogP contribution in [-0.2, 0) is 11.9 Å². The number of ether oxygens (including phenoxy) is 1. The van der Waals surface area contributed by atoms with E-state index in [1.54, 1.807) is 0 Å². The first-order valence-corrected chi connectivity index (χ1v) is 8.16. The van der Waals surface area contributed by atoms with Gasteiger partial charge in [0.1, 0.15) is 12.4 Å². The molecule has 0 spiro atoms. The van der Waals surface area contributed by atoms with Crippen molar-refractivity contribution < 1.29 is 4.74 Å². The van der Waals surface area contributed by atoms with Gasteiger partial charge in [0.25, 0.3) is 0 Å². The van der Waals surface area contributed by atoms with E-state index in [4.69, 9.17) is 16.3 Å². The van der Waals surface area contributed by atoms with Crippen LogP contribution in [0.2, 0.25) is 5.02 Å². The Morgan fingerprint density at radius 1 is 1.05 bits per heavy atom. The molecule has 0 saturated carbocycles. The molecule has 0 atom stereocenters. The van der Waals surface area contributed by atoms with Crippen molar-refractivity contribution in [1.82, 2.24) is 0 Å². The van der Waals surface area contributed by atoms with Crippen molar-refractivity contribution in [2.24, 2.45) is 0 Å². The van der Waals surface area contributed by atoms with E-state index in [0.29, 0.717) is 17.5 Å². The normalized spacial score (nSPS) is 10.8. The first-order chi connectivity index (χ1) is 9.60. The second-order valence-electron chi connectivity index (χ2n) is 5.08. The van der Waals surface area contributed by atoms with Crippen LogP contribution in [0.15, 0.2) is 42.5 Å². The van der Waals surface area contributed by atoms with Crippen LogP contribution < -0.4 is 4.74 Å². The second kappa shape index (κ2) is 7.14. The lowest BCUT2D eigenvalue weighted by Gasteiger charge is -2.10. The van der Waals surface area contributed by atoms with Gasteiger partial charge in [-0.1, -0.05) is 71.7 Å². The summed E-state index contributed by atoms with van der Waals surface area (Å²) in [7, 11) is 0. The van der Waals surface area contributed by atoms with Gasteiger partial charge in [-0.05, 0) is 34.7 Å². The van der Waals surface area contributed by atoms with Crippen molar-refractivity contribution in [1.29, 1.82) is 0 Å². The van der Waals surface area contributed by atoms with Gasteiger partial charge in [-0.2, -0.15) is 0 Å². The van der Waals surface area contributed by atoms with E-state index in [1.807, 2.05) is 18.2 Å². The fourth-order valence-electron chi connectivity index (χ4n) is 1.90. The van der Waals surface area contributed by atoms with Crippen LogP contribution in [-0.4, -0.2) is 0 Å². The Bertz CT molecular complexity index is 564. The summed E-state index contributed by atoms with van der Waals surface area (Å²) in [5.74, 6) is 1.28. The molecule has 20 heavy (non-hydrogen) atoms. The summed E-state index contributed by atoms with van der Waals surface area (Å²) in [4.78, 5) is 0. The Balaban J connectivity index is 2.01. The number of halogens is 2. The predicted molar refractivity (Wildman–Crippen MR) is 88.9 cm³/mol. The molecule has 2 aromatic rings. The van der Waals surface area contributed by atoms with E-state index in [-0.39, 0.29) is 0 Å². The van der Waals surface area contributed by atoms with Gasteiger partial charge in [0, 0.05) is 5.33 Å². The molecule has 0 N–H and O–H groups in total. The van der Waals surface area contributed by atoms with Crippen LogP contribution in [0.1, 0.15) is 36.5 Å². The van der Waals surface area contributed by atoms with Gasteiger partial charge in [0.05, 0.1) is 5.02 Å². The van der Waals surface area contributed by atoms with Crippen molar-refractivity contribution in [3.63, 3.8) is 0 Å². The highest BCUT2D eigenvalue weighted by atomic mass is 79.9. The second-order valence-corrected chi connectivity index (χ2v) is 6.05. The molecule has 1 nitrogen and oxygen atoms in total. The summed E-state index contributed by atoms with van der Waals surface area (Å²) in [5.41, 5.74) is 3.63. The van der Waals surface area contributed by atoms with Gasteiger partial charge in [-0.3, -0.25) is 0 Å². The van der Waals surface area contributed by atoms with Crippen LogP contribution in [0.4, 0.5) is 0 Å². The summed E-state index contributed by atoms with van der Waals surface area (Å²) >= 11 is 9.61. The molecule has 0 saturated heterocycles. The molecule has 2 rings (SSSR count). The van der Waals surface area contributed by atoms with Crippen LogP contribution in [0.3, 0.4) is 0 Å². The van der Waals surface area contributed by atoms with E-state index < -0.39 is 0 Å². The SMILES string of the molecule is CC(C)c1ccc(COc2ccc(CBr)cc2Cl)cc1. The van der Waals surface area contributed by atoms with Gasteiger partial charge < -0.3 is 4.74 Å². The number of benzene rings is 2. The van der Waals surface area contributed by atoms with Crippen LogP contribution in [0.25, 0.3) is 0 Å². The minimum Gasteiger partial charge on any atom is -0.487 e. The zero-order chi connectivity index (χ0) is 14.5. The maximum Gasteiger partial charge on any atom is 0.138 e. The standard InChI is InChI=1S/C17H18BrClO/c1-12(2)15-6-3-13(4-7-15)11-20-17-8-5-14(10-18)9-16(17)19/h3-9,12H,10-11H2,1-2H3. The van der Waals surface area contributed by atoms with Gasteiger partial charge in [0.2, 0.25) is 0 Å². The predicted octanol–water partition coefficient (Wildman–Crippen LogP) is 5.94. The fraction of sp³-hybridized carbons (Fsp3) is 0.294. The number of hydrogen-bond donors (Lipinski definition) is 0. The molecule has 0 aromatic heterocycles. The Kier molecular flexibility index (Phi) is 5.50. The Morgan fingerprint density at radius 2 is 1.70 bits per heavy atom. The van der Waals surface area contributed by atoms with Crippen molar-refractivity contribution in [2.45, 2.75) is 31.7 Å². The highest BCUT2D eigenvalue weighted by molar-refractivity contribution is 9.08. The van der Waals surface area contributed by atoms with Crippen LogP contribution in [0, 0.1) is 0 Å². The van der Waals surface area contributed by atoms with E-state index in [0.717, 1.165) is 22.2 Å². The van der Waals surface area contributed by atoms with Crippen molar-refractivity contribution in [2.75, 3.05) is 0 Å². The Morgan fingerprint density at radius 3 is 2.25 bits per heavy atom. The first kappa shape index (κ1) is 15.4. The molecule has 0 fully saturated rings. The molecular weight excluding hydrogens is 336 g/mol. The third-order valence-corrected chi connectivity index (χ3v) is 4.13. The zero-order valence-electron chi connectivity index (χ0n) is 11.7. The van der Waals surface area contributed by atoms with Crippen molar-refractivity contribution in [3.05, 3.63) is 64.2 Å². The third-order valence-electron chi connectivity index (χ3n) is 3.19. The molecule has 0 aliphatic rings. The molecule has 2 aromatic carbocycles. The number of rotatable bonds is 5. The zero-order valence-corrected chi connectivity index (χ0v) is 14.0. The lowest BCUT2D eigenvalue weighted by molar-refractivity contribution is 0.306. The van der Waals surface area contributed by atoms with E-state index in [9.17, 15) is 0 Å². The van der Waals surface area contributed by atoms with Gasteiger partial charge in [0.15, 0.2) is 0 Å². The highest BCUT2D eigenvalue weighted by Gasteiger charge is 2.04. The molecule has 3 heteroatoms. The number of alkyl halides is 1. The summed E-state index contributed by atoms with van der Waals surface area (Å²) in [6, 6.07) is 14.4. The topological polar surface area (TPSA) is 9.23 Å². The molecule has 0 amide bonds. The molecule has 0 radical (unpaired) electrons. The highest BCUT2D eigenvalue weighted by Crippen LogP contribution is 2.27. The van der Waals surface area contributed by atoms with Crippen molar-refractivity contribution >= 4 is 27.5 Å². The summed E-state index contributed by atoms with van der Waals surface area (Å²) in [6.45, 7) is 4.92. The maximum absolute atomic E-state index is 6.20. The Labute approximate surface area is 134 Å². The summed E-state index contributed by atoms with van der Waals surface area (Å²) in [6.07, 6.45) is 0. The molecule has 0 aliphatic carbocycles.